The Morgan fingerprint density at radius 2 is 2.24 bits per heavy atom. The van der Waals surface area contributed by atoms with Crippen molar-refractivity contribution in [3.8, 4) is 0 Å². The van der Waals surface area contributed by atoms with Crippen LogP contribution in [0, 0.1) is 6.92 Å². The van der Waals surface area contributed by atoms with E-state index in [1.807, 2.05) is 25.1 Å². The summed E-state index contributed by atoms with van der Waals surface area (Å²) in [7, 11) is 0. The number of nitrogens with one attached hydrogen (secondary N) is 1. The second-order valence-electron chi connectivity index (χ2n) is 4.63. The van der Waals surface area contributed by atoms with Crippen LogP contribution in [0.1, 0.15) is 35.2 Å². The molecule has 17 heavy (non-hydrogen) atoms. The molecule has 1 amide bonds. The standard InChI is InChI=1S/C13H15BrClNO/c1-9-10(4-2-5-11(9)14)12(17)16-13(8-15)6-3-7-13/h2,4-5H,3,6-8H2,1H3,(H,16,17). The van der Waals surface area contributed by atoms with Gasteiger partial charge < -0.3 is 5.32 Å². The quantitative estimate of drug-likeness (QED) is 0.847. The summed E-state index contributed by atoms with van der Waals surface area (Å²) in [5.41, 5.74) is 1.51. The molecule has 0 aliphatic heterocycles. The van der Waals surface area contributed by atoms with Gasteiger partial charge >= 0.3 is 0 Å². The third kappa shape index (κ3) is 2.50. The smallest absolute Gasteiger partial charge is 0.252 e. The minimum absolute atomic E-state index is 0.0239. The van der Waals surface area contributed by atoms with Crippen molar-refractivity contribution in [3.63, 3.8) is 0 Å². The monoisotopic (exact) mass is 315 g/mol. The SMILES string of the molecule is Cc1c(Br)cccc1C(=O)NC1(CCl)CCC1. The average Bonchev–Trinajstić information content (AvgIpc) is 2.27. The van der Waals surface area contributed by atoms with Crippen LogP contribution in [0.25, 0.3) is 0 Å². The lowest BCUT2D eigenvalue weighted by Crippen LogP contribution is -2.55. The highest BCUT2D eigenvalue weighted by atomic mass is 79.9. The summed E-state index contributed by atoms with van der Waals surface area (Å²) in [4.78, 5) is 12.2. The van der Waals surface area contributed by atoms with E-state index in [1.165, 1.54) is 0 Å². The summed E-state index contributed by atoms with van der Waals surface area (Å²) in [6, 6.07) is 5.66. The molecule has 1 aromatic carbocycles. The number of halogens is 2. The predicted molar refractivity (Wildman–Crippen MR) is 73.6 cm³/mol. The maximum Gasteiger partial charge on any atom is 0.252 e. The number of carbonyl (C=O) groups excluding carboxylic acids is 1. The van der Waals surface area contributed by atoms with E-state index in [0.29, 0.717) is 5.88 Å². The van der Waals surface area contributed by atoms with Crippen molar-refractivity contribution in [1.29, 1.82) is 0 Å². The number of hydrogen-bond donors (Lipinski definition) is 1. The van der Waals surface area contributed by atoms with E-state index in [0.717, 1.165) is 34.9 Å². The lowest BCUT2D eigenvalue weighted by atomic mass is 9.78. The molecule has 2 nitrogen and oxygen atoms in total. The molecule has 0 unspecified atom stereocenters. The van der Waals surface area contributed by atoms with E-state index in [9.17, 15) is 4.79 Å². The molecule has 0 radical (unpaired) electrons. The number of alkyl halides is 1. The van der Waals surface area contributed by atoms with Crippen LogP contribution in [0.3, 0.4) is 0 Å². The first kappa shape index (κ1) is 12.9. The fourth-order valence-corrected chi connectivity index (χ4v) is 2.76. The van der Waals surface area contributed by atoms with Crippen LogP contribution in [0.15, 0.2) is 22.7 Å². The van der Waals surface area contributed by atoms with Crippen molar-refractivity contribution < 1.29 is 4.79 Å². The summed E-state index contributed by atoms with van der Waals surface area (Å²) in [6.45, 7) is 1.94. The van der Waals surface area contributed by atoms with Gasteiger partial charge in [0.2, 0.25) is 0 Å². The van der Waals surface area contributed by atoms with Gasteiger partial charge in [0.15, 0.2) is 0 Å². The molecule has 0 atom stereocenters. The fourth-order valence-electron chi connectivity index (χ4n) is 2.06. The summed E-state index contributed by atoms with van der Waals surface area (Å²) in [5.74, 6) is 0.468. The Kier molecular flexibility index (Phi) is 3.79. The molecular weight excluding hydrogens is 302 g/mol. The third-order valence-electron chi connectivity index (χ3n) is 3.46. The van der Waals surface area contributed by atoms with Gasteiger partial charge in [-0.05, 0) is 43.9 Å². The first-order valence-electron chi connectivity index (χ1n) is 5.72. The molecule has 92 valence electrons. The molecule has 1 fully saturated rings. The van der Waals surface area contributed by atoms with Gasteiger partial charge in [0.25, 0.3) is 5.91 Å². The van der Waals surface area contributed by atoms with Crippen LogP contribution < -0.4 is 5.32 Å². The van der Waals surface area contributed by atoms with Crippen LogP contribution in [-0.2, 0) is 0 Å². The molecule has 4 heteroatoms. The van der Waals surface area contributed by atoms with Crippen LogP contribution >= 0.6 is 27.5 Å². The highest BCUT2D eigenvalue weighted by molar-refractivity contribution is 9.10. The van der Waals surface area contributed by atoms with Gasteiger partial charge in [-0.1, -0.05) is 22.0 Å². The first-order valence-corrected chi connectivity index (χ1v) is 7.04. The molecule has 2 rings (SSSR count). The molecule has 1 aromatic rings. The van der Waals surface area contributed by atoms with Crippen LogP contribution in [0.5, 0.6) is 0 Å². The van der Waals surface area contributed by atoms with E-state index in [2.05, 4.69) is 21.2 Å². The maximum atomic E-state index is 12.2. The van der Waals surface area contributed by atoms with Crippen molar-refractivity contribution in [2.45, 2.75) is 31.7 Å². The van der Waals surface area contributed by atoms with Crippen LogP contribution in [0.2, 0.25) is 0 Å². The van der Waals surface area contributed by atoms with Gasteiger partial charge in [-0.25, -0.2) is 0 Å². The van der Waals surface area contributed by atoms with Gasteiger partial charge in [0.1, 0.15) is 0 Å². The Hall–Kier alpha value is -0.540. The number of hydrogen-bond acceptors (Lipinski definition) is 1. The minimum Gasteiger partial charge on any atom is -0.345 e. The van der Waals surface area contributed by atoms with Crippen LogP contribution in [0.4, 0.5) is 0 Å². The summed E-state index contributed by atoms with van der Waals surface area (Å²) < 4.78 is 0.957. The number of rotatable bonds is 3. The van der Waals surface area contributed by atoms with Gasteiger partial charge in [-0.2, -0.15) is 0 Å². The Balaban J connectivity index is 2.17. The average molecular weight is 317 g/mol. The summed E-state index contributed by atoms with van der Waals surface area (Å²) in [6.07, 6.45) is 3.11. The molecule has 0 spiro atoms. The van der Waals surface area contributed by atoms with Crippen molar-refractivity contribution in [2.75, 3.05) is 5.88 Å². The first-order chi connectivity index (χ1) is 8.08. The van der Waals surface area contributed by atoms with E-state index in [-0.39, 0.29) is 11.4 Å². The Labute approximate surface area is 115 Å². The predicted octanol–water partition coefficient (Wildman–Crippen LogP) is 3.65. The molecule has 0 saturated heterocycles. The Morgan fingerprint density at radius 3 is 2.76 bits per heavy atom. The molecule has 1 N–H and O–H groups in total. The lowest BCUT2D eigenvalue weighted by molar-refractivity contribution is 0.0853. The zero-order valence-electron chi connectivity index (χ0n) is 9.72. The summed E-state index contributed by atoms with van der Waals surface area (Å²) >= 11 is 9.37. The van der Waals surface area contributed by atoms with E-state index in [1.54, 1.807) is 0 Å². The molecule has 1 aliphatic carbocycles. The highest BCUT2D eigenvalue weighted by Crippen LogP contribution is 2.33. The van der Waals surface area contributed by atoms with Crippen LogP contribution in [-0.4, -0.2) is 17.3 Å². The molecule has 0 heterocycles. The topological polar surface area (TPSA) is 29.1 Å². The Bertz CT molecular complexity index is 438. The Morgan fingerprint density at radius 1 is 1.53 bits per heavy atom. The zero-order chi connectivity index (χ0) is 12.5. The largest absolute Gasteiger partial charge is 0.345 e. The second-order valence-corrected chi connectivity index (χ2v) is 5.76. The van der Waals surface area contributed by atoms with Crippen molar-refractivity contribution in [3.05, 3.63) is 33.8 Å². The zero-order valence-corrected chi connectivity index (χ0v) is 12.1. The van der Waals surface area contributed by atoms with Gasteiger partial charge in [0.05, 0.1) is 5.54 Å². The van der Waals surface area contributed by atoms with Gasteiger partial charge in [-0.3, -0.25) is 4.79 Å². The van der Waals surface area contributed by atoms with E-state index >= 15 is 0 Å². The second kappa shape index (κ2) is 4.99. The number of amides is 1. The van der Waals surface area contributed by atoms with Crippen molar-refractivity contribution in [2.24, 2.45) is 0 Å². The number of carbonyl (C=O) groups is 1. The highest BCUT2D eigenvalue weighted by Gasteiger charge is 2.37. The maximum absolute atomic E-state index is 12.2. The van der Waals surface area contributed by atoms with Gasteiger partial charge in [-0.15, -0.1) is 11.6 Å². The molecule has 1 saturated carbocycles. The molecular formula is C13H15BrClNO. The molecule has 1 aliphatic rings. The fraction of sp³-hybridized carbons (Fsp3) is 0.462. The van der Waals surface area contributed by atoms with Crippen molar-refractivity contribution >= 4 is 33.4 Å². The van der Waals surface area contributed by atoms with E-state index in [4.69, 9.17) is 11.6 Å². The minimum atomic E-state index is -0.173. The number of benzene rings is 1. The lowest BCUT2D eigenvalue weighted by Gasteiger charge is -2.41. The third-order valence-corrected chi connectivity index (χ3v) is 4.83. The summed E-state index contributed by atoms with van der Waals surface area (Å²) in [5, 5.41) is 3.07. The van der Waals surface area contributed by atoms with E-state index < -0.39 is 0 Å². The molecule has 0 bridgehead atoms. The normalized spacial score (nSPS) is 17.4. The van der Waals surface area contributed by atoms with Gasteiger partial charge in [0, 0.05) is 15.9 Å². The molecule has 0 aromatic heterocycles. The van der Waals surface area contributed by atoms with Crippen molar-refractivity contribution in [1.82, 2.24) is 5.32 Å².